The van der Waals surface area contributed by atoms with Crippen molar-refractivity contribution in [1.29, 1.82) is 0 Å². The highest BCUT2D eigenvalue weighted by Crippen LogP contribution is 2.26. The van der Waals surface area contributed by atoms with Gasteiger partial charge in [0.05, 0.1) is 0 Å². The molecule has 0 amide bonds. The number of nitrogens with one attached hydrogen (secondary N) is 1. The van der Waals surface area contributed by atoms with Crippen LogP contribution in [-0.2, 0) is 6.54 Å². The van der Waals surface area contributed by atoms with E-state index in [0.29, 0.717) is 0 Å². The summed E-state index contributed by atoms with van der Waals surface area (Å²) in [6, 6.07) is 9.37. The summed E-state index contributed by atoms with van der Waals surface area (Å²) in [5, 5.41) is 3.62. The average molecular weight is 295 g/mol. The molecule has 92 valence electrons. The van der Waals surface area contributed by atoms with Crippen molar-refractivity contribution < 1.29 is 0 Å². The van der Waals surface area contributed by atoms with Crippen molar-refractivity contribution in [1.82, 2.24) is 10.2 Å². The molecule has 2 nitrogen and oxygen atoms in total. The number of hydrogen-bond acceptors (Lipinski definition) is 2. The number of hydrogen-bond donors (Lipinski definition) is 1. The smallest absolute Gasteiger partial charge is 0.0245 e. The maximum absolute atomic E-state index is 3.64. The van der Waals surface area contributed by atoms with Gasteiger partial charge in [-0.05, 0) is 43.5 Å². The Morgan fingerprint density at radius 1 is 1.29 bits per heavy atom. The van der Waals surface area contributed by atoms with Gasteiger partial charge >= 0.3 is 0 Å². The van der Waals surface area contributed by atoms with E-state index >= 15 is 0 Å². The van der Waals surface area contributed by atoms with Crippen LogP contribution >= 0.6 is 15.9 Å². The van der Waals surface area contributed by atoms with E-state index < -0.39 is 0 Å². The molecule has 0 spiro atoms. The van der Waals surface area contributed by atoms with E-state index in [4.69, 9.17) is 0 Å². The second-order valence-electron chi connectivity index (χ2n) is 5.22. The summed E-state index contributed by atoms with van der Waals surface area (Å²) in [4.78, 5) is 2.61. The largest absolute Gasteiger partial charge is 0.314 e. The lowest BCUT2D eigenvalue weighted by molar-refractivity contribution is 0.155. The molecule has 17 heavy (non-hydrogen) atoms. The van der Waals surface area contributed by atoms with Crippen LogP contribution in [0.2, 0.25) is 0 Å². The van der Waals surface area contributed by atoms with Crippen molar-refractivity contribution in [3.63, 3.8) is 0 Å². The third-order valence-corrected chi connectivity index (χ3v) is 4.87. The van der Waals surface area contributed by atoms with Gasteiger partial charge in [0.2, 0.25) is 0 Å². The fourth-order valence-corrected chi connectivity index (χ4v) is 3.54. The minimum Gasteiger partial charge on any atom is -0.314 e. The van der Waals surface area contributed by atoms with Crippen LogP contribution < -0.4 is 5.32 Å². The van der Waals surface area contributed by atoms with Crippen LogP contribution in [-0.4, -0.2) is 30.6 Å². The maximum Gasteiger partial charge on any atom is 0.0245 e. The highest BCUT2D eigenvalue weighted by Gasteiger charge is 2.32. The van der Waals surface area contributed by atoms with Crippen molar-refractivity contribution in [3.8, 4) is 0 Å². The monoisotopic (exact) mass is 294 g/mol. The molecule has 3 rings (SSSR count). The van der Waals surface area contributed by atoms with Crippen LogP contribution in [0.5, 0.6) is 0 Å². The molecule has 2 fully saturated rings. The SMILES string of the molecule is Brc1ccccc1CN1CCC2NCCC2C1. The quantitative estimate of drug-likeness (QED) is 0.902. The highest BCUT2D eigenvalue weighted by molar-refractivity contribution is 9.10. The first-order chi connectivity index (χ1) is 8.33. The first kappa shape index (κ1) is 11.7. The molecular formula is C14H19BrN2. The zero-order valence-corrected chi connectivity index (χ0v) is 11.6. The van der Waals surface area contributed by atoms with Gasteiger partial charge < -0.3 is 5.32 Å². The van der Waals surface area contributed by atoms with Gasteiger partial charge in [0.15, 0.2) is 0 Å². The highest BCUT2D eigenvalue weighted by atomic mass is 79.9. The Hall–Kier alpha value is -0.380. The van der Waals surface area contributed by atoms with Gasteiger partial charge in [0.1, 0.15) is 0 Å². The molecule has 3 heteroatoms. The molecule has 0 saturated carbocycles. The van der Waals surface area contributed by atoms with Crippen LogP contribution in [0.4, 0.5) is 0 Å². The molecule has 0 aromatic heterocycles. The Kier molecular flexibility index (Phi) is 3.50. The topological polar surface area (TPSA) is 15.3 Å². The molecule has 2 aliphatic rings. The molecule has 2 saturated heterocycles. The van der Waals surface area contributed by atoms with E-state index in [1.807, 2.05) is 0 Å². The van der Waals surface area contributed by atoms with Crippen LogP contribution in [0.15, 0.2) is 28.7 Å². The molecule has 0 aliphatic carbocycles. The van der Waals surface area contributed by atoms with E-state index in [1.54, 1.807) is 0 Å². The molecule has 1 N–H and O–H groups in total. The van der Waals surface area contributed by atoms with Gasteiger partial charge in [-0.3, -0.25) is 4.90 Å². The summed E-state index contributed by atoms with van der Waals surface area (Å²) >= 11 is 3.64. The van der Waals surface area contributed by atoms with E-state index in [2.05, 4.69) is 50.4 Å². The van der Waals surface area contributed by atoms with E-state index in [9.17, 15) is 0 Å². The average Bonchev–Trinajstić information content (AvgIpc) is 2.79. The fourth-order valence-electron chi connectivity index (χ4n) is 3.13. The van der Waals surface area contributed by atoms with E-state index in [-0.39, 0.29) is 0 Å². The molecular weight excluding hydrogens is 276 g/mol. The van der Waals surface area contributed by atoms with Crippen LogP contribution in [0.1, 0.15) is 18.4 Å². The number of nitrogens with zero attached hydrogens (tertiary/aromatic N) is 1. The predicted octanol–water partition coefficient (Wildman–Crippen LogP) is 2.63. The third-order valence-electron chi connectivity index (χ3n) is 4.09. The molecule has 1 aromatic rings. The van der Waals surface area contributed by atoms with Crippen LogP contribution in [0.3, 0.4) is 0 Å². The molecule has 2 atom stereocenters. The van der Waals surface area contributed by atoms with Crippen molar-refractivity contribution in [2.24, 2.45) is 5.92 Å². The number of fused-ring (bicyclic) bond motifs is 1. The van der Waals surface area contributed by atoms with Gasteiger partial charge in [-0.2, -0.15) is 0 Å². The Morgan fingerprint density at radius 2 is 2.18 bits per heavy atom. The van der Waals surface area contributed by atoms with Crippen LogP contribution in [0.25, 0.3) is 0 Å². The van der Waals surface area contributed by atoms with Crippen molar-refractivity contribution >= 4 is 15.9 Å². The molecule has 2 heterocycles. The summed E-state index contributed by atoms with van der Waals surface area (Å²) < 4.78 is 1.24. The summed E-state index contributed by atoms with van der Waals surface area (Å²) in [6.07, 6.45) is 2.67. The number of piperidine rings is 1. The van der Waals surface area contributed by atoms with E-state index in [0.717, 1.165) is 18.5 Å². The molecule has 0 radical (unpaired) electrons. The van der Waals surface area contributed by atoms with Gasteiger partial charge in [-0.1, -0.05) is 34.1 Å². The lowest BCUT2D eigenvalue weighted by Gasteiger charge is -2.35. The third kappa shape index (κ3) is 2.56. The summed E-state index contributed by atoms with van der Waals surface area (Å²) in [7, 11) is 0. The van der Waals surface area contributed by atoms with Crippen molar-refractivity contribution in [3.05, 3.63) is 34.3 Å². The summed E-state index contributed by atoms with van der Waals surface area (Å²) in [5.74, 6) is 0.881. The molecule has 0 bridgehead atoms. The maximum atomic E-state index is 3.64. The second kappa shape index (κ2) is 5.09. The van der Waals surface area contributed by atoms with Crippen molar-refractivity contribution in [2.75, 3.05) is 19.6 Å². The first-order valence-corrected chi connectivity index (χ1v) is 7.31. The second-order valence-corrected chi connectivity index (χ2v) is 6.08. The Labute approximate surface area is 112 Å². The minimum absolute atomic E-state index is 0.797. The number of benzene rings is 1. The van der Waals surface area contributed by atoms with Gasteiger partial charge in [-0.15, -0.1) is 0 Å². The molecule has 2 aliphatic heterocycles. The van der Waals surface area contributed by atoms with Crippen LogP contribution in [0, 0.1) is 5.92 Å². The first-order valence-electron chi connectivity index (χ1n) is 6.52. The number of rotatable bonds is 2. The minimum atomic E-state index is 0.797. The number of likely N-dealkylation sites (tertiary alicyclic amines) is 1. The lowest BCUT2D eigenvalue weighted by atomic mass is 9.93. The fraction of sp³-hybridized carbons (Fsp3) is 0.571. The number of halogens is 1. The normalized spacial score (nSPS) is 29.2. The zero-order valence-electron chi connectivity index (χ0n) is 10.0. The molecule has 1 aromatic carbocycles. The van der Waals surface area contributed by atoms with Crippen molar-refractivity contribution in [2.45, 2.75) is 25.4 Å². The van der Waals surface area contributed by atoms with Gasteiger partial charge in [0, 0.05) is 23.6 Å². The van der Waals surface area contributed by atoms with E-state index in [1.165, 1.54) is 42.5 Å². The summed E-state index contributed by atoms with van der Waals surface area (Å²) in [5.41, 5.74) is 1.41. The zero-order chi connectivity index (χ0) is 11.7. The Bertz CT molecular complexity index is 394. The van der Waals surface area contributed by atoms with Gasteiger partial charge in [0.25, 0.3) is 0 Å². The summed E-state index contributed by atoms with van der Waals surface area (Å²) in [6.45, 7) is 4.80. The van der Waals surface area contributed by atoms with Gasteiger partial charge in [-0.25, -0.2) is 0 Å². The Balaban J connectivity index is 1.64. The Morgan fingerprint density at radius 3 is 3.06 bits per heavy atom. The lowest BCUT2D eigenvalue weighted by Crippen LogP contribution is -2.43. The standard InChI is InChI=1S/C14H19BrN2/c15-13-4-2-1-3-11(13)9-17-8-6-14-12(10-17)5-7-16-14/h1-4,12,14,16H,5-10H2. The molecule has 2 unspecified atom stereocenters. The predicted molar refractivity (Wildman–Crippen MR) is 73.9 cm³/mol.